The Labute approximate surface area is 123 Å². The van der Waals surface area contributed by atoms with E-state index in [-0.39, 0.29) is 11.0 Å². The zero-order valence-corrected chi connectivity index (χ0v) is 14.3. The van der Waals surface area contributed by atoms with Crippen LogP contribution in [0.1, 0.15) is 5.69 Å². The maximum absolute atomic E-state index is 5.52. The van der Waals surface area contributed by atoms with Crippen LogP contribution in [-0.2, 0) is 12.6 Å². The van der Waals surface area contributed by atoms with Gasteiger partial charge in [0.15, 0.2) is 5.84 Å². The van der Waals surface area contributed by atoms with Crippen molar-refractivity contribution in [1.29, 1.82) is 0 Å². The topological polar surface area (TPSA) is 89.6 Å². The SMILES string of the molecule is N/C([S-])=N/N=C(\N)c1ccccn1.[Cl][Sn+]([Cl])[Cl]. The average Bonchev–Trinajstić information content (AvgIpc) is 2.26. The van der Waals surface area contributed by atoms with Gasteiger partial charge in [0.2, 0.25) is 0 Å². The summed E-state index contributed by atoms with van der Waals surface area (Å²) in [5.41, 5.74) is 11.2. The normalized spacial score (nSPS) is 11.5. The van der Waals surface area contributed by atoms with Crippen molar-refractivity contribution in [2.24, 2.45) is 21.7 Å². The number of aromatic nitrogens is 1. The van der Waals surface area contributed by atoms with Crippen LogP contribution in [0.25, 0.3) is 0 Å². The van der Waals surface area contributed by atoms with Crippen LogP contribution in [0.3, 0.4) is 0 Å². The number of hydrogen-bond acceptors (Lipinski definition) is 4. The molecule has 0 bridgehead atoms. The van der Waals surface area contributed by atoms with E-state index in [0.29, 0.717) is 5.69 Å². The van der Waals surface area contributed by atoms with Crippen LogP contribution in [0.15, 0.2) is 34.6 Å². The van der Waals surface area contributed by atoms with E-state index in [0.717, 1.165) is 0 Å². The van der Waals surface area contributed by atoms with Gasteiger partial charge in [0, 0.05) is 6.20 Å². The first-order valence-electron chi connectivity index (χ1n) is 4.02. The first-order chi connectivity index (χ1) is 7.93. The summed E-state index contributed by atoms with van der Waals surface area (Å²) in [7, 11) is 15.0. The zero-order chi connectivity index (χ0) is 13.3. The van der Waals surface area contributed by atoms with Gasteiger partial charge in [0.25, 0.3) is 0 Å². The van der Waals surface area contributed by atoms with Crippen molar-refractivity contribution in [2.45, 2.75) is 0 Å². The number of hydrogen-bond donors (Lipinski definition) is 2. The van der Waals surface area contributed by atoms with E-state index >= 15 is 0 Å². The molecule has 0 saturated carbocycles. The summed E-state index contributed by atoms with van der Waals surface area (Å²) in [6.45, 7) is 0. The van der Waals surface area contributed by atoms with Gasteiger partial charge in [0.05, 0.1) is 0 Å². The van der Waals surface area contributed by atoms with Gasteiger partial charge in [-0.2, -0.15) is 5.10 Å². The van der Waals surface area contributed by atoms with Crippen LogP contribution in [0, 0.1) is 0 Å². The summed E-state index contributed by atoms with van der Waals surface area (Å²) >= 11 is 2.37. The van der Waals surface area contributed by atoms with Crippen molar-refractivity contribution < 1.29 is 0 Å². The minimum absolute atomic E-state index is 0.0566. The fourth-order valence-electron chi connectivity index (χ4n) is 0.669. The Morgan fingerprint density at radius 3 is 2.24 bits per heavy atom. The molecule has 0 atom stereocenters. The predicted octanol–water partition coefficient (Wildman–Crippen LogP) is 1.25. The van der Waals surface area contributed by atoms with E-state index < -0.39 is 16.4 Å². The molecule has 0 amide bonds. The molecule has 0 radical (unpaired) electrons. The van der Waals surface area contributed by atoms with E-state index in [9.17, 15) is 0 Å². The third-order valence-electron chi connectivity index (χ3n) is 1.18. The van der Waals surface area contributed by atoms with E-state index in [1.165, 1.54) is 0 Å². The predicted molar refractivity (Wildman–Crippen MR) is 77.3 cm³/mol. The fourth-order valence-corrected chi connectivity index (χ4v) is 0.709. The number of nitrogens with two attached hydrogens (primary N) is 2. The summed E-state index contributed by atoms with van der Waals surface area (Å²) in [4.78, 5) is 3.96. The average molecular weight is 419 g/mol. The summed E-state index contributed by atoms with van der Waals surface area (Å²) in [5, 5.41) is 6.96. The van der Waals surface area contributed by atoms with Crippen LogP contribution in [-0.4, -0.2) is 32.4 Å². The standard InChI is InChI=1S/C7H9N5S.3ClH.Sn/c8-6(11-12-7(9)13)5-3-1-2-4-10-5;;;;/h1-4H,(H2,8,11)(H3,9,12,13);3*1H;/q;;;;+4/p-4. The molecule has 0 fully saturated rings. The van der Waals surface area contributed by atoms with Crippen molar-refractivity contribution in [1.82, 2.24) is 4.98 Å². The van der Waals surface area contributed by atoms with Crippen LogP contribution in [0.4, 0.5) is 0 Å². The molecule has 0 spiro atoms. The molecule has 0 aliphatic carbocycles. The van der Waals surface area contributed by atoms with E-state index in [4.69, 9.17) is 38.2 Å². The molecule has 4 N–H and O–H groups in total. The first kappa shape index (κ1) is 17.0. The van der Waals surface area contributed by atoms with Crippen LogP contribution in [0.5, 0.6) is 0 Å². The van der Waals surface area contributed by atoms with Crippen LogP contribution in [0.2, 0.25) is 0 Å². The summed E-state index contributed by atoms with van der Waals surface area (Å²) in [6.07, 6.45) is 1.61. The van der Waals surface area contributed by atoms with Gasteiger partial charge in [-0.15, -0.1) is 5.10 Å². The Bertz CT molecular complexity index is 380. The molecule has 1 aromatic rings. The Morgan fingerprint density at radius 1 is 1.24 bits per heavy atom. The molecule has 10 heteroatoms. The second-order valence-electron chi connectivity index (χ2n) is 2.35. The number of rotatable bonds is 2. The molecule has 1 rings (SSSR count). The van der Waals surface area contributed by atoms with E-state index in [1.807, 2.05) is 0 Å². The van der Waals surface area contributed by atoms with Crippen molar-refractivity contribution in [2.75, 3.05) is 0 Å². The molecule has 0 saturated heterocycles. The van der Waals surface area contributed by atoms with E-state index in [1.54, 1.807) is 24.4 Å². The summed E-state index contributed by atoms with van der Waals surface area (Å²) < 4.78 is 0. The molecule has 0 aliphatic heterocycles. The first-order valence-corrected chi connectivity index (χ1v) is 15.3. The van der Waals surface area contributed by atoms with Crippen molar-refractivity contribution in [3.05, 3.63) is 30.1 Å². The number of amidine groups is 2. The fraction of sp³-hybridized carbons (Fsp3) is 0. The number of nitrogens with zero attached hydrogens (tertiary/aromatic N) is 3. The second-order valence-corrected chi connectivity index (χ2v) is 15.5. The monoisotopic (exact) mass is 419 g/mol. The van der Waals surface area contributed by atoms with E-state index in [2.05, 4.69) is 27.8 Å². The molecule has 92 valence electrons. The zero-order valence-electron chi connectivity index (χ0n) is 8.35. The molecule has 0 aliphatic rings. The van der Waals surface area contributed by atoms with Crippen molar-refractivity contribution in [3.8, 4) is 0 Å². The maximum atomic E-state index is 5.52. The Balaban J connectivity index is 0.000000557. The van der Waals surface area contributed by atoms with Gasteiger partial charge < -0.3 is 24.1 Å². The van der Waals surface area contributed by atoms with Gasteiger partial charge in [-0.3, -0.25) is 4.98 Å². The molecular formula is C7H8Cl3N5SSn. The number of halogens is 3. The van der Waals surface area contributed by atoms with Gasteiger partial charge in [-0.05, 0) is 17.3 Å². The van der Waals surface area contributed by atoms with Crippen LogP contribution >= 0.6 is 26.8 Å². The van der Waals surface area contributed by atoms with Gasteiger partial charge in [-0.1, -0.05) is 6.07 Å². The Kier molecular flexibility index (Phi) is 9.94. The molecule has 1 heterocycles. The van der Waals surface area contributed by atoms with Gasteiger partial charge >= 0.3 is 43.1 Å². The Hall–Kier alpha value is -0.0213. The van der Waals surface area contributed by atoms with Crippen molar-refractivity contribution >= 4 is 66.8 Å². The third-order valence-corrected chi connectivity index (χ3v) is 1.27. The molecular weight excluding hydrogens is 411 g/mol. The summed E-state index contributed by atoms with van der Waals surface area (Å²) in [6, 6.07) is 5.29. The third kappa shape index (κ3) is 10.8. The molecule has 0 unspecified atom stereocenters. The summed E-state index contributed by atoms with van der Waals surface area (Å²) in [5.74, 6) is 0.188. The molecule has 5 nitrogen and oxygen atoms in total. The molecule has 0 aromatic carbocycles. The van der Waals surface area contributed by atoms with Crippen LogP contribution < -0.4 is 11.5 Å². The molecule has 17 heavy (non-hydrogen) atoms. The second kappa shape index (κ2) is 9.95. The van der Waals surface area contributed by atoms with Gasteiger partial charge in [-0.25, -0.2) is 0 Å². The quantitative estimate of drug-likeness (QED) is 0.248. The van der Waals surface area contributed by atoms with Gasteiger partial charge in [0.1, 0.15) is 5.69 Å². The Morgan fingerprint density at radius 2 is 1.82 bits per heavy atom. The number of pyridine rings is 1. The molecule has 1 aromatic heterocycles. The van der Waals surface area contributed by atoms with Crippen molar-refractivity contribution in [3.63, 3.8) is 0 Å². The minimum atomic E-state index is -2.13.